The maximum absolute atomic E-state index is 12.2. The van der Waals surface area contributed by atoms with E-state index >= 15 is 0 Å². The summed E-state index contributed by atoms with van der Waals surface area (Å²) in [5.74, 6) is 1.06. The molecular formula is C19H24N2O2. The highest BCUT2D eigenvalue weighted by Gasteiger charge is 2.10. The Morgan fingerprint density at radius 1 is 1.17 bits per heavy atom. The normalized spacial score (nSPS) is 10.3. The number of nitrogens with zero attached hydrogens (tertiary/aromatic N) is 2. The van der Waals surface area contributed by atoms with Crippen LogP contribution in [0.1, 0.15) is 24.0 Å². The molecule has 122 valence electrons. The fraction of sp³-hybridized carbons (Fsp3) is 0.368. The van der Waals surface area contributed by atoms with Crippen molar-refractivity contribution in [1.29, 1.82) is 0 Å². The molecule has 0 atom stereocenters. The molecule has 4 heteroatoms. The summed E-state index contributed by atoms with van der Waals surface area (Å²) in [5, 5.41) is 0. The number of aryl methyl sites for hydroxylation is 1. The monoisotopic (exact) mass is 312 g/mol. The molecule has 2 aromatic rings. The lowest BCUT2D eigenvalue weighted by molar-refractivity contribution is -0.129. The third kappa shape index (κ3) is 5.40. The lowest BCUT2D eigenvalue weighted by Crippen LogP contribution is -2.28. The van der Waals surface area contributed by atoms with Crippen molar-refractivity contribution in [3.8, 4) is 5.75 Å². The van der Waals surface area contributed by atoms with Gasteiger partial charge < -0.3 is 9.64 Å². The van der Waals surface area contributed by atoms with Crippen LogP contribution >= 0.6 is 0 Å². The predicted octanol–water partition coefficient (Wildman–Crippen LogP) is 3.11. The van der Waals surface area contributed by atoms with Gasteiger partial charge in [-0.05, 0) is 42.5 Å². The molecule has 0 unspecified atom stereocenters. The average molecular weight is 312 g/mol. The number of hydrogen-bond acceptors (Lipinski definition) is 3. The SMILES string of the molecule is COc1ccccc1CCN(C)C(=O)CCCc1cccnc1. The van der Waals surface area contributed by atoms with Gasteiger partial charge in [0.1, 0.15) is 5.75 Å². The van der Waals surface area contributed by atoms with E-state index < -0.39 is 0 Å². The first-order valence-corrected chi connectivity index (χ1v) is 7.95. The molecule has 0 aliphatic carbocycles. The first-order chi connectivity index (χ1) is 11.2. The number of ether oxygens (including phenoxy) is 1. The maximum atomic E-state index is 12.2. The number of pyridine rings is 1. The number of likely N-dealkylation sites (N-methyl/N-ethyl adjacent to an activating group) is 1. The molecule has 0 aliphatic heterocycles. The topological polar surface area (TPSA) is 42.4 Å². The van der Waals surface area contributed by atoms with Crippen molar-refractivity contribution in [2.75, 3.05) is 20.7 Å². The summed E-state index contributed by atoms with van der Waals surface area (Å²) in [6.45, 7) is 0.700. The fourth-order valence-electron chi connectivity index (χ4n) is 2.50. The van der Waals surface area contributed by atoms with Crippen LogP contribution in [0.2, 0.25) is 0 Å². The maximum Gasteiger partial charge on any atom is 0.222 e. The Kier molecular flexibility index (Phi) is 6.60. The van der Waals surface area contributed by atoms with Crippen LogP contribution in [-0.4, -0.2) is 36.5 Å². The Balaban J connectivity index is 1.74. The number of carbonyl (C=O) groups is 1. The van der Waals surface area contributed by atoms with E-state index in [1.54, 1.807) is 18.2 Å². The molecule has 23 heavy (non-hydrogen) atoms. The number of hydrogen-bond donors (Lipinski definition) is 0. The number of benzene rings is 1. The van der Waals surface area contributed by atoms with Gasteiger partial charge in [0.15, 0.2) is 0 Å². The van der Waals surface area contributed by atoms with Crippen LogP contribution in [0.3, 0.4) is 0 Å². The minimum absolute atomic E-state index is 0.184. The standard InChI is InChI=1S/C19H24N2O2/c1-21(14-12-17-9-3-4-10-18(17)23-2)19(22)11-5-7-16-8-6-13-20-15-16/h3-4,6,8-10,13,15H,5,7,11-12,14H2,1-2H3. The second-order valence-electron chi connectivity index (χ2n) is 5.59. The van der Waals surface area contributed by atoms with E-state index in [0.29, 0.717) is 13.0 Å². The molecule has 1 aromatic heterocycles. The molecule has 0 spiro atoms. The molecule has 1 amide bonds. The van der Waals surface area contributed by atoms with Crippen LogP contribution in [0.15, 0.2) is 48.8 Å². The highest BCUT2D eigenvalue weighted by Crippen LogP contribution is 2.18. The van der Waals surface area contributed by atoms with Crippen molar-refractivity contribution in [2.24, 2.45) is 0 Å². The smallest absolute Gasteiger partial charge is 0.222 e. The van der Waals surface area contributed by atoms with Crippen LogP contribution in [-0.2, 0) is 17.6 Å². The van der Waals surface area contributed by atoms with Gasteiger partial charge in [-0.1, -0.05) is 24.3 Å². The molecular weight excluding hydrogens is 288 g/mol. The van der Waals surface area contributed by atoms with Crippen molar-refractivity contribution in [2.45, 2.75) is 25.7 Å². The quantitative estimate of drug-likeness (QED) is 0.752. The Bertz CT molecular complexity index is 614. The van der Waals surface area contributed by atoms with E-state index in [2.05, 4.69) is 4.98 Å². The van der Waals surface area contributed by atoms with Crippen LogP contribution < -0.4 is 4.74 Å². The number of amides is 1. The van der Waals surface area contributed by atoms with E-state index in [0.717, 1.165) is 30.6 Å². The van der Waals surface area contributed by atoms with Gasteiger partial charge in [-0.2, -0.15) is 0 Å². The van der Waals surface area contributed by atoms with Crippen molar-refractivity contribution < 1.29 is 9.53 Å². The zero-order valence-corrected chi connectivity index (χ0v) is 13.9. The lowest BCUT2D eigenvalue weighted by atomic mass is 10.1. The largest absolute Gasteiger partial charge is 0.496 e. The van der Waals surface area contributed by atoms with Crippen LogP contribution in [0.25, 0.3) is 0 Å². The molecule has 0 bridgehead atoms. The second-order valence-corrected chi connectivity index (χ2v) is 5.59. The van der Waals surface area contributed by atoms with Gasteiger partial charge in [0, 0.05) is 32.4 Å². The van der Waals surface area contributed by atoms with Crippen molar-refractivity contribution in [3.05, 3.63) is 59.9 Å². The molecule has 0 N–H and O–H groups in total. The first-order valence-electron chi connectivity index (χ1n) is 7.95. The summed E-state index contributed by atoms with van der Waals surface area (Å²) in [5.41, 5.74) is 2.31. The number of carbonyl (C=O) groups excluding carboxylic acids is 1. The van der Waals surface area contributed by atoms with Gasteiger partial charge in [-0.15, -0.1) is 0 Å². The highest BCUT2D eigenvalue weighted by molar-refractivity contribution is 5.75. The number of methoxy groups -OCH3 is 1. The molecule has 0 radical (unpaired) electrons. The molecule has 1 aromatic carbocycles. The summed E-state index contributed by atoms with van der Waals surface area (Å²) < 4.78 is 5.34. The van der Waals surface area contributed by atoms with E-state index in [4.69, 9.17) is 4.74 Å². The van der Waals surface area contributed by atoms with Crippen LogP contribution in [0.5, 0.6) is 5.75 Å². The van der Waals surface area contributed by atoms with Crippen molar-refractivity contribution in [3.63, 3.8) is 0 Å². The summed E-state index contributed by atoms with van der Waals surface area (Å²) in [7, 11) is 3.54. The molecule has 4 nitrogen and oxygen atoms in total. The van der Waals surface area contributed by atoms with Gasteiger partial charge in [0.2, 0.25) is 5.91 Å². The summed E-state index contributed by atoms with van der Waals surface area (Å²) >= 11 is 0. The molecule has 0 saturated carbocycles. The Labute approximate surface area is 138 Å². The van der Waals surface area contributed by atoms with Gasteiger partial charge >= 0.3 is 0 Å². The minimum atomic E-state index is 0.184. The average Bonchev–Trinajstić information content (AvgIpc) is 2.60. The van der Waals surface area contributed by atoms with Gasteiger partial charge in [0.05, 0.1) is 7.11 Å². The van der Waals surface area contributed by atoms with E-state index in [1.165, 1.54) is 5.56 Å². The molecule has 0 fully saturated rings. The summed E-state index contributed by atoms with van der Waals surface area (Å²) in [6, 6.07) is 11.9. The first kappa shape index (κ1) is 17.0. The van der Waals surface area contributed by atoms with E-state index in [9.17, 15) is 4.79 Å². The fourth-order valence-corrected chi connectivity index (χ4v) is 2.50. The number of rotatable bonds is 8. The van der Waals surface area contributed by atoms with E-state index in [1.807, 2.05) is 49.6 Å². The number of aromatic nitrogens is 1. The van der Waals surface area contributed by atoms with E-state index in [-0.39, 0.29) is 5.91 Å². The second kappa shape index (κ2) is 8.93. The van der Waals surface area contributed by atoms with Crippen molar-refractivity contribution in [1.82, 2.24) is 9.88 Å². The molecule has 1 heterocycles. The molecule has 2 rings (SSSR count). The van der Waals surface area contributed by atoms with Crippen molar-refractivity contribution >= 4 is 5.91 Å². The zero-order valence-electron chi connectivity index (χ0n) is 13.9. The summed E-state index contributed by atoms with van der Waals surface area (Å²) in [6.07, 6.45) is 6.73. The minimum Gasteiger partial charge on any atom is -0.496 e. The lowest BCUT2D eigenvalue weighted by Gasteiger charge is -2.18. The Hall–Kier alpha value is -2.36. The van der Waals surface area contributed by atoms with Crippen LogP contribution in [0, 0.1) is 0 Å². The van der Waals surface area contributed by atoms with Gasteiger partial charge in [0.25, 0.3) is 0 Å². The molecule has 0 saturated heterocycles. The van der Waals surface area contributed by atoms with Gasteiger partial charge in [-0.25, -0.2) is 0 Å². The molecule has 0 aliphatic rings. The number of para-hydroxylation sites is 1. The summed E-state index contributed by atoms with van der Waals surface area (Å²) in [4.78, 5) is 18.1. The highest BCUT2D eigenvalue weighted by atomic mass is 16.5. The third-order valence-electron chi connectivity index (χ3n) is 3.91. The predicted molar refractivity (Wildman–Crippen MR) is 91.5 cm³/mol. The van der Waals surface area contributed by atoms with Crippen LogP contribution in [0.4, 0.5) is 0 Å². The Morgan fingerprint density at radius 2 is 2.00 bits per heavy atom. The third-order valence-corrected chi connectivity index (χ3v) is 3.91. The van der Waals surface area contributed by atoms with Gasteiger partial charge in [-0.3, -0.25) is 9.78 Å². The Morgan fingerprint density at radius 3 is 2.74 bits per heavy atom. The zero-order chi connectivity index (χ0) is 16.5.